The molecule has 0 radical (unpaired) electrons. The van der Waals surface area contributed by atoms with E-state index < -0.39 is 0 Å². The van der Waals surface area contributed by atoms with Crippen molar-refractivity contribution < 1.29 is 9.59 Å². The normalized spacial score (nSPS) is 14.8. The molecule has 3 N–H and O–H groups in total. The molecular formula is C16H19N3O2. The summed E-state index contributed by atoms with van der Waals surface area (Å²) in [5.74, 6) is 5.73. The highest BCUT2D eigenvalue weighted by Crippen LogP contribution is 2.13. The van der Waals surface area contributed by atoms with Crippen molar-refractivity contribution in [3.8, 4) is 11.8 Å². The molecule has 1 fully saturated rings. The van der Waals surface area contributed by atoms with Gasteiger partial charge in [-0.25, -0.2) is 0 Å². The number of nitrogens with zero attached hydrogens (tertiary/aromatic N) is 1. The fraction of sp³-hybridized carbons (Fsp3) is 0.375. The molecule has 0 aliphatic carbocycles. The van der Waals surface area contributed by atoms with Crippen molar-refractivity contribution >= 4 is 11.8 Å². The van der Waals surface area contributed by atoms with Crippen LogP contribution in [0, 0.1) is 18.8 Å². The molecule has 5 nitrogen and oxygen atoms in total. The molecule has 1 aliphatic heterocycles. The van der Waals surface area contributed by atoms with E-state index in [2.05, 4.69) is 17.2 Å². The summed E-state index contributed by atoms with van der Waals surface area (Å²) in [6.45, 7) is 3.74. The van der Waals surface area contributed by atoms with Gasteiger partial charge in [-0.15, -0.1) is 0 Å². The van der Waals surface area contributed by atoms with Gasteiger partial charge in [-0.2, -0.15) is 0 Å². The average Bonchev–Trinajstić information content (AvgIpc) is 2.70. The Bertz CT molecular complexity index is 614. The van der Waals surface area contributed by atoms with E-state index in [9.17, 15) is 9.59 Å². The van der Waals surface area contributed by atoms with E-state index in [1.807, 2.05) is 19.1 Å². The summed E-state index contributed by atoms with van der Waals surface area (Å²) in [6, 6.07) is 5.45. The van der Waals surface area contributed by atoms with Gasteiger partial charge in [0.15, 0.2) is 0 Å². The Hall–Kier alpha value is -2.32. The van der Waals surface area contributed by atoms with E-state index in [0.29, 0.717) is 38.2 Å². The van der Waals surface area contributed by atoms with Gasteiger partial charge in [0.1, 0.15) is 0 Å². The van der Waals surface area contributed by atoms with E-state index in [-0.39, 0.29) is 11.8 Å². The topological polar surface area (TPSA) is 75.4 Å². The van der Waals surface area contributed by atoms with Gasteiger partial charge in [0.25, 0.3) is 5.91 Å². The Morgan fingerprint density at radius 3 is 2.95 bits per heavy atom. The SMILES string of the molecule is Cc1cc(C(=O)N2CCNC(=O)CC2)ccc1C#CCN. The molecule has 21 heavy (non-hydrogen) atoms. The highest BCUT2D eigenvalue weighted by atomic mass is 16.2. The second-order valence-electron chi connectivity index (χ2n) is 4.93. The van der Waals surface area contributed by atoms with Gasteiger partial charge < -0.3 is 16.0 Å². The van der Waals surface area contributed by atoms with Crippen LogP contribution >= 0.6 is 0 Å². The summed E-state index contributed by atoms with van der Waals surface area (Å²) in [5, 5.41) is 2.76. The van der Waals surface area contributed by atoms with Crippen molar-refractivity contribution in [1.82, 2.24) is 10.2 Å². The van der Waals surface area contributed by atoms with Crippen molar-refractivity contribution in [3.63, 3.8) is 0 Å². The zero-order valence-electron chi connectivity index (χ0n) is 12.1. The lowest BCUT2D eigenvalue weighted by atomic mass is 10.0. The Balaban J connectivity index is 2.15. The van der Waals surface area contributed by atoms with Gasteiger partial charge in [-0.05, 0) is 30.7 Å². The number of carbonyl (C=O) groups excluding carboxylic acids is 2. The minimum atomic E-state index is -0.0482. The van der Waals surface area contributed by atoms with E-state index >= 15 is 0 Å². The minimum Gasteiger partial charge on any atom is -0.354 e. The monoisotopic (exact) mass is 285 g/mol. The van der Waals surface area contributed by atoms with Crippen LogP contribution in [0.15, 0.2) is 18.2 Å². The summed E-state index contributed by atoms with van der Waals surface area (Å²) in [5.41, 5.74) is 7.81. The molecule has 1 aliphatic rings. The molecule has 0 atom stereocenters. The summed E-state index contributed by atoms with van der Waals surface area (Å²) in [7, 11) is 0. The molecular weight excluding hydrogens is 266 g/mol. The van der Waals surface area contributed by atoms with Crippen LogP contribution in [0.25, 0.3) is 0 Å². The maximum Gasteiger partial charge on any atom is 0.253 e. The average molecular weight is 285 g/mol. The predicted octanol–water partition coefficient (Wildman–Crippen LogP) is 0.267. The molecule has 1 aromatic carbocycles. The Morgan fingerprint density at radius 1 is 1.43 bits per heavy atom. The van der Waals surface area contributed by atoms with Crippen LogP contribution in [0.3, 0.4) is 0 Å². The maximum atomic E-state index is 12.5. The van der Waals surface area contributed by atoms with Crippen LogP contribution in [0.4, 0.5) is 0 Å². The maximum absolute atomic E-state index is 12.5. The van der Waals surface area contributed by atoms with Crippen LogP contribution in [0.1, 0.15) is 27.9 Å². The molecule has 0 spiro atoms. The number of carbonyl (C=O) groups is 2. The molecule has 2 rings (SSSR count). The second kappa shape index (κ2) is 6.91. The van der Waals surface area contributed by atoms with Crippen LogP contribution in [0.2, 0.25) is 0 Å². The number of nitrogens with one attached hydrogen (secondary N) is 1. The van der Waals surface area contributed by atoms with Crippen LogP contribution in [-0.4, -0.2) is 42.9 Å². The first-order valence-electron chi connectivity index (χ1n) is 6.97. The van der Waals surface area contributed by atoms with Gasteiger partial charge in [0.05, 0.1) is 6.54 Å². The molecule has 0 unspecified atom stereocenters. The number of nitrogens with two attached hydrogens (primary N) is 1. The molecule has 1 saturated heterocycles. The summed E-state index contributed by atoms with van der Waals surface area (Å²) in [6.07, 6.45) is 0.352. The van der Waals surface area contributed by atoms with Crippen molar-refractivity contribution in [1.29, 1.82) is 0 Å². The van der Waals surface area contributed by atoms with Gasteiger partial charge in [-0.3, -0.25) is 9.59 Å². The third-order valence-electron chi connectivity index (χ3n) is 3.40. The van der Waals surface area contributed by atoms with Crippen LogP contribution in [-0.2, 0) is 4.79 Å². The molecule has 0 bridgehead atoms. The van der Waals surface area contributed by atoms with Gasteiger partial charge in [0, 0.05) is 37.2 Å². The first-order chi connectivity index (χ1) is 10.1. The van der Waals surface area contributed by atoms with Crippen LogP contribution < -0.4 is 11.1 Å². The number of rotatable bonds is 1. The van der Waals surface area contributed by atoms with E-state index in [1.54, 1.807) is 11.0 Å². The zero-order valence-corrected chi connectivity index (χ0v) is 12.1. The quantitative estimate of drug-likeness (QED) is 0.727. The first kappa shape index (κ1) is 15.1. The van der Waals surface area contributed by atoms with E-state index in [0.717, 1.165) is 11.1 Å². The van der Waals surface area contributed by atoms with E-state index in [4.69, 9.17) is 5.73 Å². The van der Waals surface area contributed by atoms with Crippen LogP contribution in [0.5, 0.6) is 0 Å². The molecule has 0 aromatic heterocycles. The summed E-state index contributed by atoms with van der Waals surface area (Å²) < 4.78 is 0. The number of amides is 2. The molecule has 0 saturated carbocycles. The summed E-state index contributed by atoms with van der Waals surface area (Å²) >= 11 is 0. The predicted molar refractivity (Wildman–Crippen MR) is 80.6 cm³/mol. The number of hydrogen-bond donors (Lipinski definition) is 2. The molecule has 1 heterocycles. The summed E-state index contributed by atoms with van der Waals surface area (Å²) in [4.78, 5) is 25.5. The molecule has 110 valence electrons. The molecule has 1 aromatic rings. The van der Waals surface area contributed by atoms with Gasteiger partial charge in [-0.1, -0.05) is 11.8 Å². The first-order valence-corrected chi connectivity index (χ1v) is 6.97. The number of aryl methyl sites for hydroxylation is 1. The Labute approximate surface area is 124 Å². The van der Waals surface area contributed by atoms with Crippen molar-refractivity contribution in [3.05, 3.63) is 34.9 Å². The molecule has 2 amide bonds. The van der Waals surface area contributed by atoms with Gasteiger partial charge >= 0.3 is 0 Å². The lowest BCUT2D eigenvalue weighted by Gasteiger charge is -2.19. The minimum absolute atomic E-state index is 0.00566. The standard InChI is InChI=1S/C16H19N3O2/c1-12-11-14(5-4-13(12)3-2-7-17)16(21)19-9-6-15(20)18-8-10-19/h4-5,11H,6-10,17H2,1H3,(H,18,20). The number of hydrogen-bond acceptors (Lipinski definition) is 3. The van der Waals surface area contributed by atoms with Gasteiger partial charge in [0.2, 0.25) is 5.91 Å². The zero-order chi connectivity index (χ0) is 15.2. The third-order valence-corrected chi connectivity index (χ3v) is 3.40. The van der Waals surface area contributed by atoms with Crippen molar-refractivity contribution in [2.45, 2.75) is 13.3 Å². The highest BCUT2D eigenvalue weighted by Gasteiger charge is 2.19. The Kier molecular flexibility index (Phi) is 4.96. The third kappa shape index (κ3) is 3.83. The van der Waals surface area contributed by atoms with Crippen molar-refractivity contribution in [2.75, 3.05) is 26.2 Å². The second-order valence-corrected chi connectivity index (χ2v) is 4.93. The van der Waals surface area contributed by atoms with Crippen molar-refractivity contribution in [2.24, 2.45) is 5.73 Å². The van der Waals surface area contributed by atoms with E-state index in [1.165, 1.54) is 0 Å². The fourth-order valence-corrected chi connectivity index (χ4v) is 2.24. The highest BCUT2D eigenvalue weighted by molar-refractivity contribution is 5.95. The lowest BCUT2D eigenvalue weighted by Crippen LogP contribution is -2.34. The Morgan fingerprint density at radius 2 is 2.24 bits per heavy atom. The lowest BCUT2D eigenvalue weighted by molar-refractivity contribution is -0.120. The fourth-order valence-electron chi connectivity index (χ4n) is 2.24. The molecule has 5 heteroatoms. The number of benzene rings is 1. The smallest absolute Gasteiger partial charge is 0.253 e. The largest absolute Gasteiger partial charge is 0.354 e.